The molecule has 0 radical (unpaired) electrons. The normalized spacial score (nSPS) is 12.4. The third-order valence-corrected chi connectivity index (χ3v) is 37.6. The minimum atomic E-state index is 0.368. The van der Waals surface area contributed by atoms with Gasteiger partial charge in [0.2, 0.25) is 0 Å². The van der Waals surface area contributed by atoms with Crippen molar-refractivity contribution in [1.82, 2.24) is 45.7 Å². The summed E-state index contributed by atoms with van der Waals surface area (Å²) in [6.45, 7) is 30.5. The molecule has 0 atom stereocenters. The van der Waals surface area contributed by atoms with Crippen molar-refractivity contribution in [1.29, 1.82) is 0 Å². The van der Waals surface area contributed by atoms with Crippen LogP contribution in [0.1, 0.15) is 76.5 Å². The molecular weight excluding hydrogens is 1880 g/mol. The van der Waals surface area contributed by atoms with Crippen LogP contribution < -0.4 is 0 Å². The van der Waals surface area contributed by atoms with Crippen LogP contribution in [0.15, 0.2) is 308 Å². The molecule has 0 saturated heterocycles. The Morgan fingerprint density at radius 3 is 0.880 bits per heavy atom. The van der Waals surface area contributed by atoms with Crippen molar-refractivity contribution in [2.75, 3.05) is 0 Å². The average Bonchev–Trinajstić information content (AvgIpc) is 1.51. The molecule has 14 aromatic carbocycles. The van der Waals surface area contributed by atoms with Crippen LogP contribution in [0, 0.1) is 96.9 Å². The van der Waals surface area contributed by atoms with Crippen molar-refractivity contribution in [2.45, 2.75) is 96.9 Å². The van der Waals surface area contributed by atoms with E-state index in [9.17, 15) is 0 Å². The van der Waals surface area contributed by atoms with Gasteiger partial charge in [-0.15, -0.1) is 0 Å². The Labute approximate surface area is 840 Å². The quantitative estimate of drug-likeness (QED) is 0.140. The van der Waals surface area contributed by atoms with Gasteiger partial charge < -0.3 is 36.4 Å². The first-order valence-electron chi connectivity index (χ1n) is 48.8. The van der Waals surface area contributed by atoms with Crippen LogP contribution in [0.3, 0.4) is 0 Å². The third-order valence-electron chi connectivity index (χ3n) is 30.0. The Balaban J connectivity index is 0.000000105. The van der Waals surface area contributed by atoms with E-state index >= 15 is 0 Å². The molecule has 0 amide bonds. The van der Waals surface area contributed by atoms with Crippen molar-refractivity contribution >= 4 is 261 Å². The molecule has 0 aliphatic heterocycles. The van der Waals surface area contributed by atoms with E-state index in [0.29, 0.717) is 14.5 Å². The first-order chi connectivity index (χ1) is 69.0. The molecule has 0 spiro atoms. The van der Waals surface area contributed by atoms with E-state index in [-0.39, 0.29) is 0 Å². The summed E-state index contributed by atoms with van der Waals surface area (Å²) in [7, 11) is 4.45. The number of fused-ring (bicyclic) bond motifs is 33. The number of hydrogen-bond acceptors (Lipinski definition) is 5. The summed E-state index contributed by atoms with van der Waals surface area (Å²) < 4.78 is 43.4. The van der Waals surface area contributed by atoms with Gasteiger partial charge in [-0.3, -0.25) is 0 Å². The molecule has 0 aliphatic rings. The van der Waals surface area contributed by atoms with Gasteiger partial charge in [0.25, 0.3) is 0 Å². The molecule has 0 unspecified atom stereocenters. The van der Waals surface area contributed by atoms with Crippen LogP contribution in [-0.4, -0.2) is 60.2 Å². The molecular formula is C126H98N10OS4Se. The van der Waals surface area contributed by atoms with Crippen molar-refractivity contribution in [3.63, 3.8) is 0 Å². The van der Waals surface area contributed by atoms with Gasteiger partial charge in [-0.25, -0.2) is 0 Å². The van der Waals surface area contributed by atoms with E-state index in [4.69, 9.17) is 4.42 Å². The fourth-order valence-corrected chi connectivity index (χ4v) is 31.8. The molecule has 30 aromatic rings. The van der Waals surface area contributed by atoms with Crippen LogP contribution in [0.5, 0.6) is 0 Å². The number of furan rings is 1. The van der Waals surface area contributed by atoms with E-state index in [1.807, 2.05) is 45.3 Å². The predicted octanol–water partition coefficient (Wildman–Crippen LogP) is 35.2. The summed E-state index contributed by atoms with van der Waals surface area (Å²) in [5.74, 6) is 0. The average molecular weight is 1980 g/mol. The molecule has 16 heterocycles. The van der Waals surface area contributed by atoms with Crippen LogP contribution in [0.25, 0.3) is 247 Å². The summed E-state index contributed by atoms with van der Waals surface area (Å²) in [5.41, 5.74) is 51.4. The molecule has 11 nitrogen and oxygen atoms in total. The number of aryl methyl sites for hydroxylation is 16. The Morgan fingerprint density at radius 1 is 0.190 bits per heavy atom. The predicted molar refractivity (Wildman–Crippen MR) is 612 cm³/mol. The van der Waals surface area contributed by atoms with Gasteiger partial charge >= 0.3 is 264 Å². The second kappa shape index (κ2) is 31.2. The van der Waals surface area contributed by atoms with E-state index in [0.717, 1.165) is 61.6 Å². The number of thiophene rings is 4. The number of rotatable bonds is 8. The monoisotopic (exact) mass is 1970 g/mol. The minimum absolute atomic E-state index is 0.368. The van der Waals surface area contributed by atoms with Gasteiger partial charge in [0, 0.05) is 84.3 Å². The van der Waals surface area contributed by atoms with Gasteiger partial charge in [0.15, 0.2) is 5.58 Å². The van der Waals surface area contributed by atoms with Crippen molar-refractivity contribution in [3.05, 3.63) is 380 Å². The van der Waals surface area contributed by atoms with Gasteiger partial charge in [-0.2, -0.15) is 0 Å². The standard InChI is InChI=1S/C52H42N4.C39H31N3O.C35H25N3S4Se/c1-31-7-17-37(18-8-31)53-45-27-35(5)15-25-41(45)49-51(53)43-29-48-44(30-47(43)55(49)39-21-11-33(3)12-22-39)52-50(56(48)40-23-13-34(4)14-24-40)42-26-16-36(6)28-46(42)54(52)38-19-9-32(2)10-20-38;1-22-6-12-26(13-7-22)41-33-19-25(4)10-16-28(33)36-37(41)30-21-35-31(20-34(30)42(36)27-14-8-23(2)9-15-27)38-39(43-35)29-17-11-24(3)18-32(29)40(38)5;1-16-6-10-20(11-7-16)37-22-14-18(3)39-29(22)24-25(37)31-27(38(24)21-12-8-17(2)9-13-21)33-32(41-31)26-34(42-33)35-28(36(26)5)30-23(43-35)15-19(4)40-30/h7-30H,1-6H3;6-21H,1-5H3;6-15H,1-5H3. The van der Waals surface area contributed by atoms with Crippen molar-refractivity contribution in [3.8, 4) is 45.5 Å². The number of benzene rings is 14. The molecule has 16 aromatic heterocycles. The topological polar surface area (TPSA) is 62.4 Å². The van der Waals surface area contributed by atoms with Crippen LogP contribution in [0.2, 0.25) is 0 Å². The molecule has 0 bridgehead atoms. The summed E-state index contributed by atoms with van der Waals surface area (Å²) in [4.78, 5) is 2.77. The summed E-state index contributed by atoms with van der Waals surface area (Å²) in [6.07, 6.45) is 0. The van der Waals surface area contributed by atoms with Crippen LogP contribution in [0.4, 0.5) is 0 Å². The maximum atomic E-state index is 6.73. The molecule has 0 N–H and O–H groups in total. The summed E-state index contributed by atoms with van der Waals surface area (Å²) in [5, 5.41) is 9.62. The fraction of sp³-hybridized carbons (Fsp3) is 0.127. The Kier molecular flexibility index (Phi) is 18.7. The van der Waals surface area contributed by atoms with E-state index in [1.54, 1.807) is 8.52 Å². The van der Waals surface area contributed by atoms with Crippen LogP contribution in [-0.2, 0) is 14.1 Å². The second-order valence-electron chi connectivity index (χ2n) is 40.0. The Bertz CT molecular complexity index is 10400. The van der Waals surface area contributed by atoms with E-state index < -0.39 is 0 Å². The molecule has 0 saturated carbocycles. The van der Waals surface area contributed by atoms with Crippen LogP contribution >= 0.6 is 45.3 Å². The van der Waals surface area contributed by atoms with Gasteiger partial charge in [-0.1, -0.05) is 149 Å². The SMILES string of the molecule is Cc1ccc(-n2c3cc(C)ccc3c3c2c2cc4c(cc2n3-c2ccc(C)cc2)c2c(c3ccc(C)cc3n2-c2ccc(C)cc2)n4-c2ccc(C)cc2)cc1.Cc1ccc(-n2c3cc(C)ccc3c3c2c2cc4oc5c6ccc(C)cc6n(C)c5c4cc2n3-c2ccc(C)cc2)cc1.Cc1ccc(-n2c3cc(C)sc3c3c2c2sc4c(sc5c6[se]c7cc(C)sc7c6n(C)c45)c2n3-c2ccc(C)cc2)cc1. The number of nitrogens with zero attached hydrogens (tertiary/aromatic N) is 10. The number of hydrogen-bond donors (Lipinski definition) is 0. The Morgan fingerprint density at radius 2 is 0.486 bits per heavy atom. The van der Waals surface area contributed by atoms with Gasteiger partial charge in [-0.05, 0) is 226 Å². The maximum absolute atomic E-state index is 6.73. The molecule has 688 valence electrons. The molecule has 16 heteroatoms. The van der Waals surface area contributed by atoms with Gasteiger partial charge in [0.1, 0.15) is 5.58 Å². The van der Waals surface area contributed by atoms with E-state index in [1.165, 1.54) is 253 Å². The zero-order valence-electron chi connectivity index (χ0n) is 81.8. The van der Waals surface area contributed by atoms with Crippen molar-refractivity contribution < 1.29 is 4.42 Å². The van der Waals surface area contributed by atoms with E-state index in [2.05, 4.69) is 460 Å². The first kappa shape index (κ1) is 84.9. The van der Waals surface area contributed by atoms with Crippen molar-refractivity contribution in [2.24, 2.45) is 14.1 Å². The van der Waals surface area contributed by atoms with Gasteiger partial charge in [0.05, 0.1) is 77.2 Å². The zero-order chi connectivity index (χ0) is 96.0. The first-order valence-corrected chi connectivity index (χ1v) is 53.8. The number of aromatic nitrogens is 10. The Hall–Kier alpha value is -15.1. The molecule has 0 fully saturated rings. The molecule has 142 heavy (non-hydrogen) atoms. The zero-order valence-corrected chi connectivity index (χ0v) is 86.8. The fourth-order valence-electron chi connectivity index (χ4n) is 23.2. The molecule has 0 aliphatic carbocycles. The third kappa shape index (κ3) is 12.4. The second-order valence-corrected chi connectivity index (χ2v) is 46.8. The summed E-state index contributed by atoms with van der Waals surface area (Å²) >= 11 is 8.29. The summed E-state index contributed by atoms with van der Waals surface area (Å²) in [6, 6.07) is 114. The molecule has 30 rings (SSSR count).